The van der Waals surface area contributed by atoms with Crippen LogP contribution in [0, 0.1) is 5.92 Å². The Hall–Kier alpha value is -0.0800. The van der Waals surface area contributed by atoms with Crippen molar-refractivity contribution in [3.8, 4) is 0 Å². The van der Waals surface area contributed by atoms with E-state index in [1.165, 1.54) is 32.1 Å². The SMILES string of the molecule is CCC(CNC(C)C1CCCC1)N(C)C. The van der Waals surface area contributed by atoms with Crippen LogP contribution in [-0.4, -0.2) is 37.6 Å². The summed E-state index contributed by atoms with van der Waals surface area (Å²) < 4.78 is 0. The van der Waals surface area contributed by atoms with Crippen molar-refractivity contribution < 1.29 is 0 Å². The molecule has 2 unspecified atom stereocenters. The van der Waals surface area contributed by atoms with Crippen LogP contribution in [0.5, 0.6) is 0 Å². The molecule has 0 saturated heterocycles. The summed E-state index contributed by atoms with van der Waals surface area (Å²) in [6, 6.07) is 1.40. The second-order valence-corrected chi connectivity index (χ2v) is 5.27. The van der Waals surface area contributed by atoms with Crippen molar-refractivity contribution in [3.05, 3.63) is 0 Å². The minimum absolute atomic E-state index is 0.689. The molecule has 0 aromatic carbocycles. The summed E-state index contributed by atoms with van der Waals surface area (Å²) in [6.07, 6.45) is 7.00. The lowest BCUT2D eigenvalue weighted by Crippen LogP contribution is -2.42. The van der Waals surface area contributed by atoms with Gasteiger partial charge in [-0.05, 0) is 46.2 Å². The number of likely N-dealkylation sites (N-methyl/N-ethyl adjacent to an activating group) is 1. The van der Waals surface area contributed by atoms with Crippen molar-refractivity contribution >= 4 is 0 Å². The van der Waals surface area contributed by atoms with Gasteiger partial charge in [-0.3, -0.25) is 0 Å². The zero-order chi connectivity index (χ0) is 11.3. The number of rotatable bonds is 6. The van der Waals surface area contributed by atoms with E-state index in [0.29, 0.717) is 12.1 Å². The first-order valence-electron chi connectivity index (χ1n) is 6.55. The summed E-state index contributed by atoms with van der Waals surface area (Å²) in [5, 5.41) is 3.72. The van der Waals surface area contributed by atoms with Crippen LogP contribution in [-0.2, 0) is 0 Å². The molecule has 2 nitrogen and oxygen atoms in total. The molecule has 2 heteroatoms. The Bertz CT molecular complexity index is 162. The van der Waals surface area contributed by atoms with Gasteiger partial charge >= 0.3 is 0 Å². The second-order valence-electron chi connectivity index (χ2n) is 5.27. The minimum atomic E-state index is 0.689. The molecule has 1 aliphatic rings. The summed E-state index contributed by atoms with van der Waals surface area (Å²) >= 11 is 0. The maximum atomic E-state index is 3.72. The van der Waals surface area contributed by atoms with Crippen LogP contribution in [0.2, 0.25) is 0 Å². The molecule has 0 heterocycles. The molecule has 0 aromatic rings. The van der Waals surface area contributed by atoms with E-state index < -0.39 is 0 Å². The standard InChI is InChI=1S/C13H28N2/c1-5-13(15(3)4)10-14-11(2)12-8-6-7-9-12/h11-14H,5-10H2,1-4H3. The zero-order valence-corrected chi connectivity index (χ0v) is 10.9. The molecule has 0 aliphatic heterocycles. The Kier molecular flexibility index (Phi) is 5.62. The third-order valence-corrected chi connectivity index (χ3v) is 3.98. The predicted molar refractivity (Wildman–Crippen MR) is 67.2 cm³/mol. The van der Waals surface area contributed by atoms with Crippen LogP contribution in [0.15, 0.2) is 0 Å². The highest BCUT2D eigenvalue weighted by Crippen LogP contribution is 2.27. The van der Waals surface area contributed by atoms with E-state index in [0.717, 1.165) is 12.5 Å². The maximum Gasteiger partial charge on any atom is 0.0212 e. The van der Waals surface area contributed by atoms with Crippen molar-refractivity contribution in [1.82, 2.24) is 10.2 Å². The highest BCUT2D eigenvalue weighted by molar-refractivity contribution is 4.79. The molecule has 1 rings (SSSR count). The van der Waals surface area contributed by atoms with Crippen LogP contribution in [0.3, 0.4) is 0 Å². The van der Waals surface area contributed by atoms with Crippen LogP contribution < -0.4 is 5.32 Å². The van der Waals surface area contributed by atoms with Crippen LogP contribution in [0.1, 0.15) is 46.0 Å². The Labute approximate surface area is 95.4 Å². The Balaban J connectivity index is 2.22. The first kappa shape index (κ1) is 13.0. The van der Waals surface area contributed by atoms with Gasteiger partial charge in [-0.1, -0.05) is 19.8 Å². The molecule has 1 fully saturated rings. The summed E-state index contributed by atoms with van der Waals surface area (Å²) in [5.41, 5.74) is 0. The fourth-order valence-corrected chi connectivity index (χ4v) is 2.64. The van der Waals surface area contributed by atoms with Gasteiger partial charge in [0.2, 0.25) is 0 Å². The lowest BCUT2D eigenvalue weighted by molar-refractivity contribution is 0.256. The number of hydrogen-bond donors (Lipinski definition) is 1. The largest absolute Gasteiger partial charge is 0.312 e. The number of nitrogens with zero attached hydrogens (tertiary/aromatic N) is 1. The third kappa shape index (κ3) is 4.12. The van der Waals surface area contributed by atoms with Crippen LogP contribution in [0.4, 0.5) is 0 Å². The average molecular weight is 212 g/mol. The number of hydrogen-bond acceptors (Lipinski definition) is 2. The fourth-order valence-electron chi connectivity index (χ4n) is 2.64. The van der Waals surface area contributed by atoms with E-state index in [-0.39, 0.29) is 0 Å². The van der Waals surface area contributed by atoms with Gasteiger partial charge in [0.1, 0.15) is 0 Å². The van der Waals surface area contributed by atoms with Gasteiger partial charge in [-0.15, -0.1) is 0 Å². The van der Waals surface area contributed by atoms with Gasteiger partial charge in [0, 0.05) is 18.6 Å². The summed E-state index contributed by atoms with van der Waals surface area (Å²) in [4.78, 5) is 2.33. The topological polar surface area (TPSA) is 15.3 Å². The molecule has 0 amide bonds. The summed E-state index contributed by atoms with van der Waals surface area (Å²) in [5.74, 6) is 0.935. The molecule has 15 heavy (non-hydrogen) atoms. The minimum Gasteiger partial charge on any atom is -0.312 e. The van der Waals surface area contributed by atoms with Crippen molar-refractivity contribution in [2.45, 2.75) is 58.0 Å². The molecule has 0 radical (unpaired) electrons. The molecule has 1 aliphatic carbocycles. The third-order valence-electron chi connectivity index (χ3n) is 3.98. The van der Waals surface area contributed by atoms with E-state index in [9.17, 15) is 0 Å². The molecule has 1 N–H and O–H groups in total. The van der Waals surface area contributed by atoms with E-state index in [1.807, 2.05) is 0 Å². The van der Waals surface area contributed by atoms with Crippen molar-refractivity contribution in [2.24, 2.45) is 5.92 Å². The normalized spacial score (nSPS) is 22.2. The summed E-state index contributed by atoms with van der Waals surface area (Å²) in [7, 11) is 4.35. The molecule has 0 spiro atoms. The van der Waals surface area contributed by atoms with Crippen molar-refractivity contribution in [1.29, 1.82) is 0 Å². The predicted octanol–water partition coefficient (Wildman–Crippen LogP) is 2.49. The smallest absolute Gasteiger partial charge is 0.0212 e. The molecule has 2 atom stereocenters. The average Bonchev–Trinajstić information content (AvgIpc) is 2.70. The Morgan fingerprint density at radius 1 is 1.27 bits per heavy atom. The maximum absolute atomic E-state index is 3.72. The highest BCUT2D eigenvalue weighted by Gasteiger charge is 2.21. The second kappa shape index (κ2) is 6.49. The van der Waals surface area contributed by atoms with Gasteiger partial charge in [-0.2, -0.15) is 0 Å². The Morgan fingerprint density at radius 2 is 1.87 bits per heavy atom. The molecule has 1 saturated carbocycles. The van der Waals surface area contributed by atoms with E-state index in [2.05, 4.69) is 38.2 Å². The molecular weight excluding hydrogens is 184 g/mol. The quantitative estimate of drug-likeness (QED) is 0.728. The highest BCUT2D eigenvalue weighted by atomic mass is 15.1. The Morgan fingerprint density at radius 3 is 2.33 bits per heavy atom. The fraction of sp³-hybridized carbons (Fsp3) is 1.00. The first-order chi connectivity index (χ1) is 7.15. The molecule has 0 bridgehead atoms. The molecule has 90 valence electrons. The van der Waals surface area contributed by atoms with Crippen molar-refractivity contribution in [2.75, 3.05) is 20.6 Å². The lowest BCUT2D eigenvalue weighted by Gasteiger charge is -2.27. The first-order valence-corrected chi connectivity index (χ1v) is 6.55. The monoisotopic (exact) mass is 212 g/mol. The van der Waals surface area contributed by atoms with Gasteiger partial charge < -0.3 is 10.2 Å². The van der Waals surface area contributed by atoms with Gasteiger partial charge in [0.05, 0.1) is 0 Å². The number of nitrogens with one attached hydrogen (secondary N) is 1. The lowest BCUT2D eigenvalue weighted by atomic mass is 9.99. The van der Waals surface area contributed by atoms with Gasteiger partial charge in [0.25, 0.3) is 0 Å². The van der Waals surface area contributed by atoms with Crippen molar-refractivity contribution in [3.63, 3.8) is 0 Å². The van der Waals surface area contributed by atoms with Crippen LogP contribution >= 0.6 is 0 Å². The van der Waals surface area contributed by atoms with Gasteiger partial charge in [-0.25, -0.2) is 0 Å². The van der Waals surface area contributed by atoms with E-state index in [1.54, 1.807) is 0 Å². The van der Waals surface area contributed by atoms with E-state index >= 15 is 0 Å². The van der Waals surface area contributed by atoms with E-state index in [4.69, 9.17) is 0 Å². The molecule has 0 aromatic heterocycles. The summed E-state index contributed by atoms with van der Waals surface area (Å²) in [6.45, 7) is 5.77. The zero-order valence-electron chi connectivity index (χ0n) is 10.9. The van der Waals surface area contributed by atoms with Crippen LogP contribution in [0.25, 0.3) is 0 Å². The van der Waals surface area contributed by atoms with Gasteiger partial charge in [0.15, 0.2) is 0 Å². The molecular formula is C13H28N2.